The Morgan fingerprint density at radius 1 is 1.67 bits per heavy atom. The van der Waals surface area contributed by atoms with Crippen LogP contribution in [0.4, 0.5) is 0 Å². The molecule has 0 fully saturated rings. The molecule has 2 rings (SSSR count). The third-order valence-electron chi connectivity index (χ3n) is 2.51. The first kappa shape index (κ1) is 8.33. The molecule has 0 bridgehead atoms. The number of nitrogens with one attached hydrogen (secondary N) is 1. The molecule has 0 aromatic carbocycles. The third kappa shape index (κ3) is 1.43. The highest BCUT2D eigenvalue weighted by Gasteiger charge is 2.18. The van der Waals surface area contributed by atoms with Gasteiger partial charge in [0.1, 0.15) is 7.85 Å². The second-order valence-electron chi connectivity index (χ2n) is 3.33. The first-order valence-corrected chi connectivity index (χ1v) is 5.15. The summed E-state index contributed by atoms with van der Waals surface area (Å²) < 4.78 is 0.969. The largest absolute Gasteiger partial charge is 0.317 e. The molecule has 1 atom stereocenters. The molecule has 12 heavy (non-hydrogen) atoms. The zero-order chi connectivity index (χ0) is 8.55. The molecule has 1 nitrogen and oxygen atoms in total. The van der Waals surface area contributed by atoms with Crippen LogP contribution in [0.5, 0.6) is 0 Å². The molecule has 0 saturated carbocycles. The van der Waals surface area contributed by atoms with Gasteiger partial charge in [-0.3, -0.25) is 0 Å². The van der Waals surface area contributed by atoms with Gasteiger partial charge in [0.2, 0.25) is 0 Å². The number of hydrogen-bond donors (Lipinski definition) is 1. The zero-order valence-corrected chi connectivity index (χ0v) is 8.08. The molecule has 62 valence electrons. The van der Waals surface area contributed by atoms with E-state index in [1.165, 1.54) is 23.3 Å². The molecular weight excluding hydrogens is 165 g/mol. The van der Waals surface area contributed by atoms with E-state index in [1.54, 1.807) is 11.3 Å². The Balaban J connectivity index is 2.22. The Bertz CT molecular complexity index is 282. The number of fused-ring (bicyclic) bond motifs is 1. The van der Waals surface area contributed by atoms with Crippen LogP contribution >= 0.6 is 11.3 Å². The van der Waals surface area contributed by atoms with Crippen molar-refractivity contribution < 1.29 is 0 Å². The topological polar surface area (TPSA) is 12.0 Å². The van der Waals surface area contributed by atoms with Gasteiger partial charge >= 0.3 is 0 Å². The molecule has 1 aliphatic carbocycles. The van der Waals surface area contributed by atoms with Crippen molar-refractivity contribution >= 4 is 24.0 Å². The maximum atomic E-state index is 5.74. The monoisotopic (exact) mass is 177 g/mol. The Morgan fingerprint density at radius 2 is 2.50 bits per heavy atom. The predicted octanol–water partition coefficient (Wildman–Crippen LogP) is 0.619. The molecule has 1 unspecified atom stereocenters. The minimum atomic E-state index is 0.659. The average molecular weight is 177 g/mol. The van der Waals surface area contributed by atoms with Crippen LogP contribution in [0.3, 0.4) is 0 Å². The van der Waals surface area contributed by atoms with Crippen LogP contribution in [0.2, 0.25) is 0 Å². The summed E-state index contributed by atoms with van der Waals surface area (Å²) in [5.74, 6) is 0. The summed E-state index contributed by atoms with van der Waals surface area (Å²) in [6.07, 6.45) is 3.60. The van der Waals surface area contributed by atoms with Crippen LogP contribution in [-0.4, -0.2) is 20.9 Å². The summed E-state index contributed by atoms with van der Waals surface area (Å²) in [4.78, 5) is 1.50. The van der Waals surface area contributed by atoms with E-state index < -0.39 is 0 Å². The molecule has 1 aromatic heterocycles. The van der Waals surface area contributed by atoms with E-state index in [4.69, 9.17) is 7.85 Å². The Kier molecular flexibility index (Phi) is 2.24. The van der Waals surface area contributed by atoms with Gasteiger partial charge in [0, 0.05) is 10.9 Å². The van der Waals surface area contributed by atoms with Gasteiger partial charge in [-0.05, 0) is 36.7 Å². The maximum Gasteiger partial charge on any atom is 0.128 e. The Hall–Kier alpha value is -0.275. The molecule has 1 aliphatic rings. The molecule has 1 heterocycles. The van der Waals surface area contributed by atoms with Gasteiger partial charge in [0.05, 0.1) is 0 Å². The van der Waals surface area contributed by atoms with Crippen molar-refractivity contribution in [2.24, 2.45) is 0 Å². The number of aryl methyl sites for hydroxylation is 1. The molecule has 0 amide bonds. The number of likely N-dealkylation sites (N-methyl/N-ethyl adjacent to an activating group) is 1. The fourth-order valence-corrected chi connectivity index (χ4v) is 2.77. The van der Waals surface area contributed by atoms with E-state index in [9.17, 15) is 0 Å². The highest BCUT2D eigenvalue weighted by molar-refractivity contribution is 7.20. The van der Waals surface area contributed by atoms with Gasteiger partial charge in [-0.15, -0.1) is 0 Å². The highest BCUT2D eigenvalue weighted by atomic mass is 32.1. The summed E-state index contributed by atoms with van der Waals surface area (Å²) in [5, 5.41) is 3.32. The van der Waals surface area contributed by atoms with Crippen LogP contribution in [0.1, 0.15) is 16.9 Å². The fourth-order valence-electron chi connectivity index (χ4n) is 1.79. The van der Waals surface area contributed by atoms with E-state index in [2.05, 4.69) is 11.4 Å². The van der Waals surface area contributed by atoms with Crippen molar-refractivity contribution in [3.8, 4) is 0 Å². The summed E-state index contributed by atoms with van der Waals surface area (Å²) in [6.45, 7) is 0. The normalized spacial score (nSPS) is 22.2. The Labute approximate surface area is 78.6 Å². The van der Waals surface area contributed by atoms with Crippen molar-refractivity contribution in [2.45, 2.75) is 25.3 Å². The van der Waals surface area contributed by atoms with Gasteiger partial charge in [0.15, 0.2) is 0 Å². The second-order valence-corrected chi connectivity index (χ2v) is 4.49. The van der Waals surface area contributed by atoms with Crippen LogP contribution in [0.25, 0.3) is 0 Å². The SMILES string of the molecule is [B]c1cc2c(s1)CCC(NC)C2. The van der Waals surface area contributed by atoms with Crippen molar-refractivity contribution in [2.75, 3.05) is 7.05 Å². The average Bonchev–Trinajstić information content (AvgIpc) is 2.43. The smallest absolute Gasteiger partial charge is 0.128 e. The van der Waals surface area contributed by atoms with Gasteiger partial charge in [-0.2, -0.15) is 11.3 Å². The van der Waals surface area contributed by atoms with Crippen LogP contribution in [0.15, 0.2) is 6.07 Å². The second kappa shape index (κ2) is 3.23. The predicted molar refractivity (Wildman–Crippen MR) is 54.6 cm³/mol. The van der Waals surface area contributed by atoms with E-state index >= 15 is 0 Å². The lowest BCUT2D eigenvalue weighted by Crippen LogP contribution is -2.30. The first-order valence-electron chi connectivity index (χ1n) is 4.34. The van der Waals surface area contributed by atoms with E-state index in [-0.39, 0.29) is 0 Å². The molecule has 1 N–H and O–H groups in total. The quantitative estimate of drug-likeness (QED) is 0.620. The fraction of sp³-hybridized carbons (Fsp3) is 0.556. The maximum absolute atomic E-state index is 5.74. The molecule has 2 radical (unpaired) electrons. The van der Waals surface area contributed by atoms with Crippen molar-refractivity contribution in [1.29, 1.82) is 0 Å². The molecule has 0 aliphatic heterocycles. The minimum absolute atomic E-state index is 0.659. The lowest BCUT2D eigenvalue weighted by molar-refractivity contribution is 0.501. The van der Waals surface area contributed by atoms with Crippen LogP contribution in [-0.2, 0) is 12.8 Å². The number of thiophene rings is 1. The van der Waals surface area contributed by atoms with Gasteiger partial charge < -0.3 is 5.32 Å². The third-order valence-corrected chi connectivity index (χ3v) is 3.58. The van der Waals surface area contributed by atoms with Crippen molar-refractivity contribution in [3.63, 3.8) is 0 Å². The van der Waals surface area contributed by atoms with E-state index in [0.717, 1.165) is 11.2 Å². The van der Waals surface area contributed by atoms with Crippen molar-refractivity contribution in [1.82, 2.24) is 5.32 Å². The summed E-state index contributed by atoms with van der Waals surface area (Å²) in [6, 6.07) is 2.79. The van der Waals surface area contributed by atoms with E-state index in [0.29, 0.717) is 6.04 Å². The molecular formula is C9H12BNS. The lowest BCUT2D eigenvalue weighted by Gasteiger charge is -2.21. The Morgan fingerprint density at radius 3 is 3.25 bits per heavy atom. The van der Waals surface area contributed by atoms with Gasteiger partial charge in [-0.1, -0.05) is 6.07 Å². The zero-order valence-electron chi connectivity index (χ0n) is 7.26. The van der Waals surface area contributed by atoms with Crippen molar-refractivity contribution in [3.05, 3.63) is 16.5 Å². The number of rotatable bonds is 1. The summed E-state index contributed by atoms with van der Waals surface area (Å²) in [7, 11) is 7.78. The minimum Gasteiger partial charge on any atom is -0.317 e. The number of hydrogen-bond acceptors (Lipinski definition) is 2. The highest BCUT2D eigenvalue weighted by Crippen LogP contribution is 2.24. The molecule has 3 heteroatoms. The van der Waals surface area contributed by atoms with Gasteiger partial charge in [0.25, 0.3) is 0 Å². The molecule has 1 aromatic rings. The van der Waals surface area contributed by atoms with Gasteiger partial charge in [-0.25, -0.2) is 0 Å². The first-order chi connectivity index (χ1) is 5.79. The summed E-state index contributed by atoms with van der Waals surface area (Å²) in [5.41, 5.74) is 1.46. The van der Waals surface area contributed by atoms with Crippen LogP contribution in [0, 0.1) is 0 Å². The molecule has 0 spiro atoms. The lowest BCUT2D eigenvalue weighted by atomic mass is 9.93. The van der Waals surface area contributed by atoms with Crippen LogP contribution < -0.4 is 10.1 Å². The summed E-state index contributed by atoms with van der Waals surface area (Å²) >= 11 is 1.75. The standard InChI is InChI=1S/C9H12BNS/c1-11-7-2-3-8-6(4-7)5-9(10)12-8/h5,7,11H,2-4H2,1H3. The van der Waals surface area contributed by atoms with E-state index in [1.807, 2.05) is 7.05 Å². The molecule has 0 saturated heterocycles.